The van der Waals surface area contributed by atoms with Gasteiger partial charge in [0, 0.05) is 42.9 Å². The van der Waals surface area contributed by atoms with Crippen molar-refractivity contribution in [3.05, 3.63) is 99.6 Å². The third-order valence-electron chi connectivity index (χ3n) is 9.92. The second-order valence-corrected chi connectivity index (χ2v) is 13.7. The van der Waals surface area contributed by atoms with E-state index in [9.17, 15) is 24.3 Å². The zero-order chi connectivity index (χ0) is 35.4. The molecule has 12 heteroatoms. The van der Waals surface area contributed by atoms with Gasteiger partial charge < -0.3 is 19.5 Å². The van der Waals surface area contributed by atoms with Gasteiger partial charge in [0.1, 0.15) is 0 Å². The van der Waals surface area contributed by atoms with Crippen molar-refractivity contribution < 1.29 is 33.8 Å². The highest BCUT2D eigenvalue weighted by atomic mass is 79.9. The fourth-order valence-electron chi connectivity index (χ4n) is 7.52. The summed E-state index contributed by atoms with van der Waals surface area (Å²) >= 11 is 3.25. The number of nitrogens with zero attached hydrogens (tertiary/aromatic N) is 4. The zero-order valence-electron chi connectivity index (χ0n) is 27.7. The van der Waals surface area contributed by atoms with Gasteiger partial charge in [0.25, 0.3) is 0 Å². The molecule has 1 heterocycles. The molecule has 0 spiro atoms. The Kier molecular flexibility index (Phi) is 8.51. The Hall–Kier alpha value is -5.36. The van der Waals surface area contributed by atoms with E-state index in [1.54, 1.807) is 36.4 Å². The highest BCUT2D eigenvalue weighted by Crippen LogP contribution is 2.56. The van der Waals surface area contributed by atoms with Gasteiger partial charge in [-0.05, 0) is 101 Å². The van der Waals surface area contributed by atoms with Gasteiger partial charge in [0.2, 0.25) is 17.6 Å². The van der Waals surface area contributed by atoms with E-state index >= 15 is 0 Å². The molecule has 4 atom stereocenters. The summed E-state index contributed by atoms with van der Waals surface area (Å²) in [6, 6.07) is 17.6. The average Bonchev–Trinajstić information content (AvgIpc) is 3.38. The number of aromatic hydroxyl groups is 1. The molecule has 1 N–H and O–H groups in total. The Labute approximate surface area is 296 Å². The molecule has 3 aliphatic carbocycles. The second-order valence-electron chi connectivity index (χ2n) is 12.8. The molecular weight excluding hydrogens is 704 g/mol. The molecule has 4 aliphatic rings. The van der Waals surface area contributed by atoms with Crippen molar-refractivity contribution in [2.75, 3.05) is 38.1 Å². The maximum Gasteiger partial charge on any atom is 0.238 e. The molecule has 0 unspecified atom stereocenters. The summed E-state index contributed by atoms with van der Waals surface area (Å²) < 4.78 is 11.0. The predicted octanol–water partition coefficient (Wildman–Crippen LogP) is 6.86. The number of halogens is 1. The number of azo groups is 1. The summed E-state index contributed by atoms with van der Waals surface area (Å²) in [6.45, 7) is 0. The summed E-state index contributed by atoms with van der Waals surface area (Å²) in [5, 5.41) is 19.3. The molecule has 0 bridgehead atoms. The summed E-state index contributed by atoms with van der Waals surface area (Å²) in [5.74, 6) is -3.95. The van der Waals surface area contributed by atoms with Gasteiger partial charge in [-0.15, -0.1) is 0 Å². The fourth-order valence-corrected chi connectivity index (χ4v) is 7.97. The topological polar surface area (TPSA) is 138 Å². The van der Waals surface area contributed by atoms with Crippen LogP contribution in [0.25, 0.3) is 0 Å². The minimum absolute atomic E-state index is 0.125. The molecule has 2 amide bonds. The quantitative estimate of drug-likeness (QED) is 0.120. The van der Waals surface area contributed by atoms with Crippen molar-refractivity contribution in [2.45, 2.75) is 18.8 Å². The molecule has 0 saturated carbocycles. The van der Waals surface area contributed by atoms with E-state index in [0.717, 1.165) is 11.3 Å². The summed E-state index contributed by atoms with van der Waals surface area (Å²) in [5.41, 5.74) is 4.63. The number of ether oxygens (including phenoxy) is 2. The Morgan fingerprint density at radius 2 is 1.46 bits per heavy atom. The van der Waals surface area contributed by atoms with Crippen molar-refractivity contribution in [1.29, 1.82) is 0 Å². The van der Waals surface area contributed by atoms with Crippen LogP contribution in [0.15, 0.2) is 104 Å². The lowest BCUT2D eigenvalue weighted by Crippen LogP contribution is -2.39. The lowest BCUT2D eigenvalue weighted by Gasteiger charge is -2.42. The Bertz CT molecular complexity index is 2060. The number of ketones is 2. The first-order chi connectivity index (χ1) is 24.0. The van der Waals surface area contributed by atoms with Crippen molar-refractivity contribution in [3.63, 3.8) is 0 Å². The summed E-state index contributed by atoms with van der Waals surface area (Å²) in [4.78, 5) is 58.6. The number of allylic oxidation sites excluding steroid dienone is 6. The normalized spacial score (nSPS) is 23.0. The predicted molar refractivity (Wildman–Crippen MR) is 190 cm³/mol. The number of Topliss-reactive ketones (excluding diaryl/α,β-unsaturated/α-hetero) is 1. The molecular formula is C38H33BrN4O7. The Morgan fingerprint density at radius 3 is 2.04 bits per heavy atom. The van der Waals surface area contributed by atoms with Crippen LogP contribution in [0.4, 0.5) is 22.7 Å². The summed E-state index contributed by atoms with van der Waals surface area (Å²) in [7, 11) is 6.73. The Balaban J connectivity index is 1.22. The maximum atomic E-state index is 14.3. The fraction of sp³-hybridized carbons (Fsp3) is 0.263. The maximum absolute atomic E-state index is 14.3. The third-order valence-corrected chi connectivity index (χ3v) is 10.5. The van der Waals surface area contributed by atoms with Crippen molar-refractivity contribution >= 4 is 62.1 Å². The largest absolute Gasteiger partial charge is 0.502 e. The van der Waals surface area contributed by atoms with Gasteiger partial charge in [-0.3, -0.25) is 24.1 Å². The minimum atomic E-state index is -0.753. The number of imide groups is 1. The minimum Gasteiger partial charge on any atom is -0.502 e. The molecule has 1 fully saturated rings. The van der Waals surface area contributed by atoms with Crippen LogP contribution in [0, 0.1) is 17.8 Å². The molecule has 11 nitrogen and oxygen atoms in total. The molecule has 3 aromatic carbocycles. The zero-order valence-corrected chi connectivity index (χ0v) is 29.3. The first kappa shape index (κ1) is 33.2. The molecule has 7 rings (SSSR count). The summed E-state index contributed by atoms with van der Waals surface area (Å²) in [6.07, 6.45) is 3.61. The van der Waals surface area contributed by atoms with Crippen LogP contribution in [-0.2, 0) is 19.2 Å². The van der Waals surface area contributed by atoms with Crippen molar-refractivity contribution in [2.24, 2.45) is 28.0 Å². The SMILES string of the molecule is COc1cc([C@H]2C3=CC[C@@H]4C(=O)N(c5ccc(N=Nc6ccc(N(C)C)cc6)cc5)C(=O)[C@@H]4[C@@H]3CC3=C2C(=O)C=C(Br)C3=O)cc(OC)c1O. The standard InChI is InChI=1S/C38H33BrN4O7/c1-42(2)22-9-5-20(6-10-22)40-41-21-7-11-23(12-8-21)43-37(47)25-14-13-24-26(33(25)38(43)48)17-27-34(29(44)18-28(39)35(27)45)32(24)19-15-30(49-3)36(46)31(16-19)50-4/h5-13,15-16,18,25-26,32-33,46H,14,17H2,1-4H3/t25-,26+,32-,33-/m0/s1. The monoisotopic (exact) mass is 736 g/mol. The van der Waals surface area contributed by atoms with Gasteiger partial charge in [0.05, 0.1) is 47.6 Å². The Morgan fingerprint density at radius 1 is 0.860 bits per heavy atom. The average molecular weight is 738 g/mol. The van der Waals surface area contributed by atoms with Crippen LogP contribution in [0.5, 0.6) is 17.2 Å². The lowest BCUT2D eigenvalue weighted by molar-refractivity contribution is -0.123. The number of amides is 2. The number of rotatable bonds is 7. The number of hydrogen-bond donors (Lipinski definition) is 1. The van der Waals surface area contributed by atoms with E-state index in [-0.39, 0.29) is 58.0 Å². The van der Waals surface area contributed by atoms with Crippen LogP contribution in [0.1, 0.15) is 24.3 Å². The number of phenolic OH excluding ortho intramolecular Hbond substituents is 1. The first-order valence-electron chi connectivity index (χ1n) is 16.0. The van der Waals surface area contributed by atoms with E-state index in [1.807, 2.05) is 49.3 Å². The van der Waals surface area contributed by atoms with Crippen molar-refractivity contribution in [3.8, 4) is 17.2 Å². The van der Waals surface area contributed by atoms with Crippen LogP contribution in [0.2, 0.25) is 0 Å². The third kappa shape index (κ3) is 5.43. The van der Waals surface area contributed by atoms with E-state index in [4.69, 9.17) is 9.47 Å². The molecule has 0 radical (unpaired) electrons. The van der Waals surface area contributed by atoms with Crippen LogP contribution in [-0.4, -0.2) is 56.8 Å². The number of carbonyl (C=O) groups excluding carboxylic acids is 4. The highest BCUT2D eigenvalue weighted by Gasteiger charge is 2.56. The van der Waals surface area contributed by atoms with Crippen LogP contribution in [0.3, 0.4) is 0 Å². The highest BCUT2D eigenvalue weighted by molar-refractivity contribution is 9.12. The van der Waals surface area contributed by atoms with Crippen LogP contribution >= 0.6 is 15.9 Å². The number of anilines is 2. The van der Waals surface area contributed by atoms with Gasteiger partial charge >= 0.3 is 0 Å². The lowest BCUT2D eigenvalue weighted by atomic mass is 9.59. The number of benzene rings is 3. The molecule has 254 valence electrons. The molecule has 0 aromatic heterocycles. The van der Waals surface area contributed by atoms with Gasteiger partial charge in [-0.2, -0.15) is 10.2 Å². The van der Waals surface area contributed by atoms with E-state index in [0.29, 0.717) is 33.8 Å². The molecule has 3 aromatic rings. The van der Waals surface area contributed by atoms with Gasteiger partial charge in [-0.25, -0.2) is 0 Å². The van der Waals surface area contributed by atoms with Crippen LogP contribution < -0.4 is 19.3 Å². The number of methoxy groups -OCH3 is 2. The number of phenols is 1. The molecule has 1 saturated heterocycles. The first-order valence-corrected chi connectivity index (χ1v) is 16.8. The molecule has 1 aliphatic heterocycles. The van der Waals surface area contributed by atoms with E-state index < -0.39 is 23.7 Å². The van der Waals surface area contributed by atoms with Crippen molar-refractivity contribution in [1.82, 2.24) is 0 Å². The molecule has 50 heavy (non-hydrogen) atoms. The van der Waals surface area contributed by atoms with E-state index in [2.05, 4.69) is 26.2 Å². The van der Waals surface area contributed by atoms with Gasteiger partial charge in [-0.1, -0.05) is 11.6 Å². The number of hydrogen-bond acceptors (Lipinski definition) is 10. The van der Waals surface area contributed by atoms with Gasteiger partial charge in [0.15, 0.2) is 23.1 Å². The second kappa shape index (κ2) is 12.8. The number of carbonyl (C=O) groups is 4. The smallest absolute Gasteiger partial charge is 0.238 e. The number of fused-ring (bicyclic) bond motifs is 3. The van der Waals surface area contributed by atoms with E-state index in [1.165, 1.54) is 25.2 Å².